The summed E-state index contributed by atoms with van der Waals surface area (Å²) in [5.74, 6) is -0.880. The van der Waals surface area contributed by atoms with Gasteiger partial charge >= 0.3 is 5.97 Å². The first-order valence-corrected chi connectivity index (χ1v) is 6.12. The molecule has 1 N–H and O–H groups in total. The van der Waals surface area contributed by atoms with E-state index in [0.717, 1.165) is 5.56 Å². The standard InChI is InChI=1S/C15H10ClNO3/c16-12-4-5-13(15(18)19)14(7-12)20-9-11-3-1-2-10(6-11)8-17/h1-7H,9H2,(H,18,19). The van der Waals surface area contributed by atoms with Crippen LogP contribution in [-0.2, 0) is 6.61 Å². The number of aromatic carboxylic acids is 1. The van der Waals surface area contributed by atoms with E-state index in [1.807, 2.05) is 6.07 Å². The third-order valence-corrected chi connectivity index (χ3v) is 2.86. The van der Waals surface area contributed by atoms with Gasteiger partial charge in [0.15, 0.2) is 0 Å². The van der Waals surface area contributed by atoms with E-state index in [1.165, 1.54) is 18.2 Å². The highest BCUT2D eigenvalue weighted by Crippen LogP contribution is 2.24. The summed E-state index contributed by atoms with van der Waals surface area (Å²) in [7, 11) is 0. The van der Waals surface area contributed by atoms with Gasteiger partial charge in [0.1, 0.15) is 17.9 Å². The molecule has 0 fully saturated rings. The maximum absolute atomic E-state index is 11.1. The van der Waals surface area contributed by atoms with Crippen LogP contribution in [0.2, 0.25) is 5.02 Å². The Hall–Kier alpha value is -2.51. The van der Waals surface area contributed by atoms with E-state index in [1.54, 1.807) is 24.3 Å². The summed E-state index contributed by atoms with van der Waals surface area (Å²) in [6.45, 7) is 0.163. The van der Waals surface area contributed by atoms with Gasteiger partial charge in [-0.15, -0.1) is 0 Å². The Morgan fingerprint density at radius 3 is 2.80 bits per heavy atom. The summed E-state index contributed by atoms with van der Waals surface area (Å²) in [5, 5.41) is 18.3. The van der Waals surface area contributed by atoms with Gasteiger partial charge in [-0.25, -0.2) is 4.79 Å². The Kier molecular flexibility index (Phi) is 4.24. The zero-order chi connectivity index (χ0) is 14.5. The van der Waals surface area contributed by atoms with Crippen molar-refractivity contribution >= 4 is 17.6 Å². The minimum Gasteiger partial charge on any atom is -0.488 e. The Labute approximate surface area is 120 Å². The average Bonchev–Trinajstić information content (AvgIpc) is 2.45. The molecule has 0 saturated heterocycles. The second-order valence-electron chi connectivity index (χ2n) is 4.05. The maximum atomic E-state index is 11.1. The smallest absolute Gasteiger partial charge is 0.339 e. The van der Waals surface area contributed by atoms with Crippen LogP contribution in [0, 0.1) is 11.3 Å². The molecule has 0 spiro atoms. The fourth-order valence-corrected chi connectivity index (χ4v) is 1.85. The van der Waals surface area contributed by atoms with Gasteiger partial charge in [0.25, 0.3) is 0 Å². The number of halogens is 1. The zero-order valence-electron chi connectivity index (χ0n) is 10.3. The van der Waals surface area contributed by atoms with Crippen LogP contribution in [0.25, 0.3) is 0 Å². The lowest BCUT2D eigenvalue weighted by molar-refractivity contribution is 0.0692. The monoisotopic (exact) mass is 287 g/mol. The molecule has 0 saturated carbocycles. The lowest BCUT2D eigenvalue weighted by atomic mass is 10.1. The molecule has 2 aromatic carbocycles. The van der Waals surface area contributed by atoms with Crippen molar-refractivity contribution in [2.24, 2.45) is 0 Å². The van der Waals surface area contributed by atoms with E-state index >= 15 is 0 Å². The molecule has 0 aliphatic heterocycles. The molecule has 5 heteroatoms. The largest absolute Gasteiger partial charge is 0.488 e. The van der Waals surface area contributed by atoms with Crippen LogP contribution in [0.4, 0.5) is 0 Å². The number of carboxylic acids is 1. The molecule has 0 aromatic heterocycles. The predicted molar refractivity (Wildman–Crippen MR) is 73.9 cm³/mol. The summed E-state index contributed by atoms with van der Waals surface area (Å²) in [6.07, 6.45) is 0. The highest BCUT2D eigenvalue weighted by molar-refractivity contribution is 6.30. The lowest BCUT2D eigenvalue weighted by Gasteiger charge is -2.09. The molecule has 100 valence electrons. The van der Waals surface area contributed by atoms with E-state index < -0.39 is 5.97 Å². The molecular formula is C15H10ClNO3. The quantitative estimate of drug-likeness (QED) is 0.934. The number of nitriles is 1. The third kappa shape index (κ3) is 3.28. The second-order valence-corrected chi connectivity index (χ2v) is 4.48. The van der Waals surface area contributed by atoms with Crippen LogP contribution in [0.5, 0.6) is 5.75 Å². The molecule has 0 aliphatic carbocycles. The molecule has 0 bridgehead atoms. The maximum Gasteiger partial charge on any atom is 0.339 e. The number of carboxylic acid groups (broad SMARTS) is 1. The first-order chi connectivity index (χ1) is 9.60. The number of nitrogens with zero attached hydrogens (tertiary/aromatic N) is 1. The molecule has 4 nitrogen and oxygen atoms in total. The van der Waals surface area contributed by atoms with Crippen LogP contribution in [-0.4, -0.2) is 11.1 Å². The van der Waals surface area contributed by atoms with E-state index in [-0.39, 0.29) is 17.9 Å². The van der Waals surface area contributed by atoms with Crippen LogP contribution in [0.3, 0.4) is 0 Å². The Morgan fingerprint density at radius 2 is 2.10 bits per heavy atom. The molecule has 0 radical (unpaired) electrons. The highest BCUT2D eigenvalue weighted by atomic mass is 35.5. The normalized spacial score (nSPS) is 9.80. The minimum absolute atomic E-state index is 0.0471. The molecule has 0 amide bonds. The third-order valence-electron chi connectivity index (χ3n) is 2.62. The van der Waals surface area contributed by atoms with Crippen LogP contribution in [0.1, 0.15) is 21.5 Å². The van der Waals surface area contributed by atoms with E-state index in [4.69, 9.17) is 26.7 Å². The van der Waals surface area contributed by atoms with Crippen LogP contribution in [0.15, 0.2) is 42.5 Å². The van der Waals surface area contributed by atoms with Crippen molar-refractivity contribution in [1.82, 2.24) is 0 Å². The van der Waals surface area contributed by atoms with Crippen molar-refractivity contribution in [3.05, 3.63) is 64.2 Å². The number of ether oxygens (including phenoxy) is 1. The summed E-state index contributed by atoms with van der Waals surface area (Å²) in [6, 6.07) is 13.3. The molecule has 0 aliphatic rings. The van der Waals surface area contributed by atoms with E-state index in [9.17, 15) is 4.79 Å². The minimum atomic E-state index is -1.08. The highest BCUT2D eigenvalue weighted by Gasteiger charge is 2.12. The molecule has 0 unspecified atom stereocenters. The number of hydrogen-bond acceptors (Lipinski definition) is 3. The van der Waals surface area contributed by atoms with Gasteiger partial charge in [-0.1, -0.05) is 23.7 Å². The van der Waals surface area contributed by atoms with Gasteiger partial charge in [0.05, 0.1) is 11.6 Å². The lowest BCUT2D eigenvalue weighted by Crippen LogP contribution is -2.03. The van der Waals surface area contributed by atoms with Gasteiger partial charge < -0.3 is 9.84 Å². The van der Waals surface area contributed by atoms with Gasteiger partial charge in [0.2, 0.25) is 0 Å². The first kappa shape index (κ1) is 13.9. The summed E-state index contributed by atoms with van der Waals surface area (Å²) >= 11 is 5.83. The van der Waals surface area contributed by atoms with Crippen molar-refractivity contribution in [1.29, 1.82) is 5.26 Å². The van der Waals surface area contributed by atoms with Crippen LogP contribution >= 0.6 is 11.6 Å². The topological polar surface area (TPSA) is 70.3 Å². The van der Waals surface area contributed by atoms with Crippen LogP contribution < -0.4 is 4.74 Å². The SMILES string of the molecule is N#Cc1cccc(COc2cc(Cl)ccc2C(=O)O)c1. The van der Waals surface area contributed by atoms with Crippen molar-refractivity contribution in [2.45, 2.75) is 6.61 Å². The Balaban J connectivity index is 2.20. The number of benzene rings is 2. The Bertz CT molecular complexity index is 692. The molecule has 0 atom stereocenters. The van der Waals surface area contributed by atoms with Crippen molar-refractivity contribution < 1.29 is 14.6 Å². The molecule has 2 rings (SSSR count). The number of hydrogen-bond donors (Lipinski definition) is 1. The molecule has 20 heavy (non-hydrogen) atoms. The van der Waals surface area contributed by atoms with Gasteiger partial charge in [-0.3, -0.25) is 0 Å². The van der Waals surface area contributed by atoms with Crippen molar-refractivity contribution in [3.63, 3.8) is 0 Å². The molecule has 2 aromatic rings. The Morgan fingerprint density at radius 1 is 1.30 bits per heavy atom. The van der Waals surface area contributed by atoms with Gasteiger partial charge in [-0.2, -0.15) is 5.26 Å². The summed E-state index contributed by atoms with van der Waals surface area (Å²) in [4.78, 5) is 11.1. The summed E-state index contributed by atoms with van der Waals surface area (Å²) in [5.41, 5.74) is 1.35. The number of carbonyl (C=O) groups is 1. The van der Waals surface area contributed by atoms with Crippen molar-refractivity contribution in [2.75, 3.05) is 0 Å². The average molecular weight is 288 g/mol. The van der Waals surface area contributed by atoms with Crippen molar-refractivity contribution in [3.8, 4) is 11.8 Å². The zero-order valence-corrected chi connectivity index (χ0v) is 11.1. The fourth-order valence-electron chi connectivity index (χ4n) is 1.68. The molecular weight excluding hydrogens is 278 g/mol. The second kappa shape index (κ2) is 6.09. The number of rotatable bonds is 4. The fraction of sp³-hybridized carbons (Fsp3) is 0.0667. The van der Waals surface area contributed by atoms with E-state index in [2.05, 4.69) is 0 Å². The van der Waals surface area contributed by atoms with E-state index in [0.29, 0.717) is 10.6 Å². The molecule has 0 heterocycles. The summed E-state index contributed by atoms with van der Waals surface area (Å²) < 4.78 is 5.49. The van der Waals surface area contributed by atoms with Gasteiger partial charge in [0, 0.05) is 5.02 Å². The first-order valence-electron chi connectivity index (χ1n) is 5.75. The predicted octanol–water partition coefficient (Wildman–Crippen LogP) is 3.49. The van der Waals surface area contributed by atoms with Gasteiger partial charge in [-0.05, 0) is 35.9 Å².